The van der Waals surface area contributed by atoms with Crippen molar-refractivity contribution in [1.29, 1.82) is 0 Å². The summed E-state index contributed by atoms with van der Waals surface area (Å²) in [6.45, 7) is 11.9. The van der Waals surface area contributed by atoms with Gasteiger partial charge in [-0.1, -0.05) is 69.3 Å². The molecule has 1 saturated heterocycles. The molecule has 0 saturated carbocycles. The Bertz CT molecular complexity index is 1320. The van der Waals surface area contributed by atoms with Gasteiger partial charge < -0.3 is 18.9 Å². The Morgan fingerprint density at radius 2 is 1.70 bits per heavy atom. The molecule has 1 amide bonds. The lowest BCUT2D eigenvalue weighted by Gasteiger charge is -2.35. The number of para-hydroxylation sites is 1. The van der Waals surface area contributed by atoms with E-state index in [1.807, 2.05) is 60.7 Å². The van der Waals surface area contributed by atoms with Crippen molar-refractivity contribution in [3.8, 4) is 5.88 Å². The van der Waals surface area contributed by atoms with Gasteiger partial charge in [-0.25, -0.2) is 14.6 Å². The van der Waals surface area contributed by atoms with E-state index in [4.69, 9.17) is 18.9 Å². The first-order chi connectivity index (χ1) is 19.1. The molecular formula is C32H40N2O6. The topological polar surface area (TPSA) is 87.2 Å². The van der Waals surface area contributed by atoms with Crippen LogP contribution in [0.15, 0.2) is 60.7 Å². The highest BCUT2D eigenvalue weighted by molar-refractivity contribution is 5.84. The third kappa shape index (κ3) is 6.07. The van der Waals surface area contributed by atoms with Crippen LogP contribution in [-0.2, 0) is 25.6 Å². The van der Waals surface area contributed by atoms with Gasteiger partial charge in [0.2, 0.25) is 5.88 Å². The van der Waals surface area contributed by atoms with Gasteiger partial charge in [-0.05, 0) is 43.9 Å². The molecule has 40 heavy (non-hydrogen) atoms. The molecule has 8 nitrogen and oxygen atoms in total. The fourth-order valence-electron chi connectivity index (χ4n) is 5.63. The molecule has 0 bridgehead atoms. The zero-order valence-electron chi connectivity index (χ0n) is 24.4. The normalized spacial score (nSPS) is 21.1. The van der Waals surface area contributed by atoms with Crippen LogP contribution in [0, 0.1) is 11.3 Å². The Morgan fingerprint density at radius 3 is 2.33 bits per heavy atom. The number of carbonyl (C=O) groups excluding carboxylic acids is 2. The maximum atomic E-state index is 13.7. The van der Waals surface area contributed by atoms with Crippen LogP contribution in [-0.4, -0.2) is 53.9 Å². The molecule has 2 aromatic carbocycles. The number of aromatic nitrogens is 1. The van der Waals surface area contributed by atoms with Crippen LogP contribution in [0.1, 0.15) is 58.7 Å². The molecule has 2 heterocycles. The predicted molar refractivity (Wildman–Crippen MR) is 153 cm³/mol. The Balaban J connectivity index is 1.83. The number of rotatable bonds is 8. The van der Waals surface area contributed by atoms with E-state index in [9.17, 15) is 9.59 Å². The van der Waals surface area contributed by atoms with Crippen LogP contribution in [0.4, 0.5) is 4.79 Å². The number of methoxy groups -OCH3 is 1. The van der Waals surface area contributed by atoms with E-state index in [1.54, 1.807) is 27.9 Å². The van der Waals surface area contributed by atoms with Gasteiger partial charge in [0.15, 0.2) is 0 Å². The molecule has 0 aliphatic carbocycles. The minimum absolute atomic E-state index is 0.171. The first-order valence-electron chi connectivity index (χ1n) is 13.8. The number of ether oxygens (including phenoxy) is 4. The van der Waals surface area contributed by atoms with Gasteiger partial charge in [0.1, 0.15) is 6.04 Å². The third-order valence-corrected chi connectivity index (χ3v) is 7.21. The second-order valence-corrected chi connectivity index (χ2v) is 11.4. The molecule has 1 fully saturated rings. The molecule has 4 rings (SSSR count). The Kier molecular flexibility index (Phi) is 8.98. The highest BCUT2D eigenvalue weighted by Crippen LogP contribution is 2.50. The van der Waals surface area contributed by atoms with E-state index >= 15 is 0 Å². The summed E-state index contributed by atoms with van der Waals surface area (Å²) in [7, 11) is 1.58. The van der Waals surface area contributed by atoms with E-state index in [1.165, 1.54) is 4.90 Å². The van der Waals surface area contributed by atoms with E-state index in [2.05, 4.69) is 25.8 Å². The first kappa shape index (κ1) is 29.3. The number of hydrogen-bond donors (Lipinski definition) is 0. The lowest BCUT2D eigenvalue weighted by atomic mass is 9.73. The van der Waals surface area contributed by atoms with E-state index in [-0.39, 0.29) is 19.3 Å². The number of amides is 1. The van der Waals surface area contributed by atoms with E-state index in [0.717, 1.165) is 22.0 Å². The number of carbonyl (C=O) groups is 2. The van der Waals surface area contributed by atoms with Crippen molar-refractivity contribution in [2.75, 3.05) is 13.7 Å². The Labute approximate surface area is 236 Å². The van der Waals surface area contributed by atoms with Crippen molar-refractivity contribution < 1.29 is 28.5 Å². The summed E-state index contributed by atoms with van der Waals surface area (Å²) in [5, 5.41) is 0.965. The van der Waals surface area contributed by atoms with Crippen LogP contribution in [0.5, 0.6) is 5.88 Å². The number of hydrogen-bond acceptors (Lipinski definition) is 7. The summed E-state index contributed by atoms with van der Waals surface area (Å²) >= 11 is 0. The second kappa shape index (κ2) is 12.3. The van der Waals surface area contributed by atoms with Crippen LogP contribution < -0.4 is 4.74 Å². The fourth-order valence-corrected chi connectivity index (χ4v) is 5.63. The summed E-state index contributed by atoms with van der Waals surface area (Å²) in [6.07, 6.45) is -1.51. The quantitative estimate of drug-likeness (QED) is 0.304. The predicted octanol–water partition coefficient (Wildman–Crippen LogP) is 6.32. The Hall–Kier alpha value is -3.65. The third-order valence-electron chi connectivity index (χ3n) is 7.21. The lowest BCUT2D eigenvalue weighted by molar-refractivity contribution is -0.151. The molecule has 3 aromatic rings. The van der Waals surface area contributed by atoms with Crippen molar-refractivity contribution in [3.63, 3.8) is 0 Å². The fraction of sp³-hybridized carbons (Fsp3) is 0.469. The van der Waals surface area contributed by atoms with Gasteiger partial charge in [-0.3, -0.25) is 4.90 Å². The minimum Gasteiger partial charge on any atom is -0.481 e. The van der Waals surface area contributed by atoms with Gasteiger partial charge in [0.25, 0.3) is 0 Å². The van der Waals surface area contributed by atoms with Crippen LogP contribution in [0.3, 0.4) is 0 Å². The number of fused-ring (bicyclic) bond motifs is 1. The molecular weight excluding hydrogens is 508 g/mol. The van der Waals surface area contributed by atoms with Gasteiger partial charge in [-0.2, -0.15) is 0 Å². The van der Waals surface area contributed by atoms with Gasteiger partial charge in [0, 0.05) is 16.9 Å². The summed E-state index contributed by atoms with van der Waals surface area (Å²) in [4.78, 5) is 33.5. The van der Waals surface area contributed by atoms with E-state index < -0.39 is 41.6 Å². The summed E-state index contributed by atoms with van der Waals surface area (Å²) < 4.78 is 23.6. The first-order valence-corrected chi connectivity index (χ1v) is 13.8. The van der Waals surface area contributed by atoms with Gasteiger partial charge >= 0.3 is 12.1 Å². The summed E-state index contributed by atoms with van der Waals surface area (Å²) in [5.41, 5.74) is 2.01. The SMILES string of the molecule is CCOC(=O)[C@@H]1[C@@H](C(C)(C)C)[C@H](OCc2cc3ccccc3nc2OC)[C@H](c2ccccc2)N1C(=O)OC(C)C. The number of benzene rings is 2. The van der Waals surface area contributed by atoms with Crippen molar-refractivity contribution in [3.05, 3.63) is 71.8 Å². The largest absolute Gasteiger partial charge is 0.481 e. The second-order valence-electron chi connectivity index (χ2n) is 11.4. The molecule has 0 spiro atoms. The van der Waals surface area contributed by atoms with Crippen molar-refractivity contribution in [1.82, 2.24) is 9.88 Å². The zero-order valence-corrected chi connectivity index (χ0v) is 24.4. The average Bonchev–Trinajstić information content (AvgIpc) is 3.27. The molecule has 1 aliphatic heterocycles. The number of nitrogens with zero attached hydrogens (tertiary/aromatic N) is 2. The van der Waals surface area contributed by atoms with Crippen LogP contribution in [0.2, 0.25) is 0 Å². The standard InChI is InChI=1S/C32H40N2O6/c1-8-38-30(35)27-25(32(4,5)6)28(26(21-14-10-9-11-15-21)34(27)31(36)40-20(2)3)39-19-23-18-22-16-12-13-17-24(22)33-29(23)37-7/h9-18,20,25-28H,8,19H2,1-7H3/t25-,26+,27+,28+/m1/s1. The number of pyridine rings is 1. The molecule has 0 N–H and O–H groups in total. The lowest BCUT2D eigenvalue weighted by Crippen LogP contribution is -2.48. The number of esters is 1. The van der Waals surface area contributed by atoms with Crippen LogP contribution >= 0.6 is 0 Å². The van der Waals surface area contributed by atoms with Gasteiger partial charge in [-0.15, -0.1) is 0 Å². The number of likely N-dealkylation sites (tertiary alicyclic amines) is 1. The van der Waals surface area contributed by atoms with Crippen LogP contribution in [0.25, 0.3) is 10.9 Å². The van der Waals surface area contributed by atoms with Crippen molar-refractivity contribution in [2.24, 2.45) is 11.3 Å². The smallest absolute Gasteiger partial charge is 0.411 e. The van der Waals surface area contributed by atoms with Gasteiger partial charge in [0.05, 0.1) is 44.1 Å². The molecule has 8 heteroatoms. The monoisotopic (exact) mass is 548 g/mol. The minimum atomic E-state index is -0.905. The summed E-state index contributed by atoms with van der Waals surface area (Å²) in [5.74, 6) is -0.408. The average molecular weight is 549 g/mol. The maximum absolute atomic E-state index is 13.7. The maximum Gasteiger partial charge on any atom is 0.411 e. The molecule has 4 atom stereocenters. The van der Waals surface area contributed by atoms with Crippen molar-refractivity contribution in [2.45, 2.75) is 72.4 Å². The Morgan fingerprint density at radius 1 is 1.02 bits per heavy atom. The molecule has 0 unspecified atom stereocenters. The van der Waals surface area contributed by atoms with E-state index in [0.29, 0.717) is 5.88 Å². The molecule has 1 aromatic heterocycles. The molecule has 214 valence electrons. The highest BCUT2D eigenvalue weighted by Gasteiger charge is 2.59. The van der Waals surface area contributed by atoms with Crippen molar-refractivity contribution >= 4 is 23.0 Å². The summed E-state index contributed by atoms with van der Waals surface area (Å²) in [6, 6.07) is 18.0. The molecule has 1 aliphatic rings. The zero-order chi connectivity index (χ0) is 29.0. The molecule has 0 radical (unpaired) electrons. The highest BCUT2D eigenvalue weighted by atomic mass is 16.6.